The average Bonchev–Trinajstić information content (AvgIpc) is 3.15. The Morgan fingerprint density at radius 1 is 1.27 bits per heavy atom. The predicted octanol–water partition coefficient (Wildman–Crippen LogP) is 4.23. The van der Waals surface area contributed by atoms with Crippen LogP contribution in [0.2, 0.25) is 0 Å². The van der Waals surface area contributed by atoms with E-state index < -0.39 is 6.17 Å². The van der Waals surface area contributed by atoms with Gasteiger partial charge < -0.3 is 4.98 Å². The molecular formula is C17H18FN3S. The molecule has 0 spiro atoms. The van der Waals surface area contributed by atoms with Gasteiger partial charge in [-0.25, -0.2) is 9.37 Å². The quantitative estimate of drug-likeness (QED) is 0.784. The summed E-state index contributed by atoms with van der Waals surface area (Å²) in [5.74, 6) is 0. The number of rotatable bonds is 3. The number of nitrogens with one attached hydrogen (secondary N) is 1. The van der Waals surface area contributed by atoms with Crippen molar-refractivity contribution < 1.29 is 4.39 Å². The number of aromatic amines is 1. The number of aromatic nitrogens is 2. The van der Waals surface area contributed by atoms with Gasteiger partial charge in [-0.2, -0.15) is 0 Å². The van der Waals surface area contributed by atoms with Gasteiger partial charge in [0.2, 0.25) is 0 Å². The zero-order chi connectivity index (χ0) is 14.9. The first kappa shape index (κ1) is 13.9. The Balaban J connectivity index is 1.51. The van der Waals surface area contributed by atoms with Crippen LogP contribution in [0.4, 0.5) is 4.39 Å². The van der Waals surface area contributed by atoms with Gasteiger partial charge in [-0.15, -0.1) is 11.3 Å². The lowest BCUT2D eigenvalue weighted by Crippen LogP contribution is -2.33. The third-order valence-electron chi connectivity index (χ3n) is 4.22. The summed E-state index contributed by atoms with van der Waals surface area (Å²) >= 11 is 1.80. The molecule has 1 N–H and O–H groups in total. The largest absolute Gasteiger partial charge is 0.339 e. The average molecular weight is 315 g/mol. The zero-order valence-electron chi connectivity index (χ0n) is 12.3. The molecule has 3 aromatic rings. The fourth-order valence-electron chi connectivity index (χ4n) is 2.98. The summed E-state index contributed by atoms with van der Waals surface area (Å²) in [6.45, 7) is 2.66. The van der Waals surface area contributed by atoms with Gasteiger partial charge >= 0.3 is 0 Å². The maximum absolute atomic E-state index is 13.2. The van der Waals surface area contributed by atoms with Crippen LogP contribution in [0.1, 0.15) is 17.7 Å². The summed E-state index contributed by atoms with van der Waals surface area (Å²) < 4.78 is 13.2. The van der Waals surface area contributed by atoms with Gasteiger partial charge in [-0.3, -0.25) is 4.90 Å². The van der Waals surface area contributed by atoms with Crippen molar-refractivity contribution in [2.45, 2.75) is 25.6 Å². The summed E-state index contributed by atoms with van der Waals surface area (Å²) in [6.07, 6.45) is 2.54. The number of likely N-dealkylation sites (tertiary alicyclic amines) is 1. The van der Waals surface area contributed by atoms with Gasteiger partial charge in [0, 0.05) is 36.1 Å². The van der Waals surface area contributed by atoms with Gasteiger partial charge in [0.15, 0.2) is 0 Å². The molecule has 0 unspecified atom stereocenters. The van der Waals surface area contributed by atoms with Gasteiger partial charge in [0.05, 0.1) is 10.6 Å². The highest BCUT2D eigenvalue weighted by molar-refractivity contribution is 7.15. The van der Waals surface area contributed by atoms with Gasteiger partial charge in [-0.05, 0) is 43.2 Å². The fourth-order valence-corrected chi connectivity index (χ4v) is 4.00. The van der Waals surface area contributed by atoms with Crippen LogP contribution < -0.4 is 0 Å². The number of fused-ring (bicyclic) bond motifs is 1. The molecule has 3 nitrogen and oxygen atoms in total. The van der Waals surface area contributed by atoms with Gasteiger partial charge in [0.25, 0.3) is 0 Å². The molecule has 3 aromatic heterocycles. The summed E-state index contributed by atoms with van der Waals surface area (Å²) in [7, 11) is 0. The Hall–Kier alpha value is -1.72. The summed E-state index contributed by atoms with van der Waals surface area (Å²) in [4.78, 5) is 12.6. The minimum atomic E-state index is -0.603. The van der Waals surface area contributed by atoms with Crippen molar-refractivity contribution >= 4 is 22.4 Å². The second-order valence-electron chi connectivity index (χ2n) is 5.84. The maximum Gasteiger partial charge on any atom is 0.137 e. The van der Waals surface area contributed by atoms with Crippen molar-refractivity contribution in [1.82, 2.24) is 14.9 Å². The first-order chi connectivity index (χ1) is 10.8. The molecule has 1 saturated heterocycles. The molecule has 0 bridgehead atoms. The van der Waals surface area contributed by atoms with E-state index in [0.29, 0.717) is 12.8 Å². The second-order valence-corrected chi connectivity index (χ2v) is 7.01. The van der Waals surface area contributed by atoms with E-state index in [2.05, 4.69) is 39.1 Å². The van der Waals surface area contributed by atoms with Crippen LogP contribution in [-0.2, 0) is 6.54 Å². The Kier molecular flexibility index (Phi) is 3.68. The topological polar surface area (TPSA) is 31.9 Å². The van der Waals surface area contributed by atoms with Crippen LogP contribution in [0.25, 0.3) is 21.6 Å². The lowest BCUT2D eigenvalue weighted by Gasteiger charge is -2.27. The Morgan fingerprint density at radius 3 is 2.95 bits per heavy atom. The van der Waals surface area contributed by atoms with Crippen molar-refractivity contribution in [3.05, 3.63) is 41.4 Å². The van der Waals surface area contributed by atoms with Crippen molar-refractivity contribution in [2.75, 3.05) is 13.1 Å². The molecule has 1 fully saturated rings. The van der Waals surface area contributed by atoms with Gasteiger partial charge in [-0.1, -0.05) is 0 Å². The Labute approximate surface area is 132 Å². The smallest absolute Gasteiger partial charge is 0.137 e. The van der Waals surface area contributed by atoms with Crippen molar-refractivity contribution in [3.8, 4) is 10.6 Å². The molecule has 0 saturated carbocycles. The van der Waals surface area contributed by atoms with E-state index in [1.54, 1.807) is 17.5 Å². The zero-order valence-corrected chi connectivity index (χ0v) is 13.1. The van der Waals surface area contributed by atoms with E-state index in [1.807, 2.05) is 6.07 Å². The Morgan fingerprint density at radius 2 is 2.14 bits per heavy atom. The minimum absolute atomic E-state index is 0.603. The second kappa shape index (κ2) is 5.82. The van der Waals surface area contributed by atoms with E-state index in [4.69, 9.17) is 0 Å². The first-order valence-corrected chi connectivity index (χ1v) is 8.49. The molecule has 114 valence electrons. The van der Waals surface area contributed by atoms with E-state index in [-0.39, 0.29) is 0 Å². The normalized spacial score (nSPS) is 17.3. The molecule has 4 rings (SSSR count). The van der Waals surface area contributed by atoms with Crippen LogP contribution in [0.5, 0.6) is 0 Å². The highest BCUT2D eigenvalue weighted by Crippen LogP contribution is 2.30. The number of H-pyrrole nitrogens is 1. The van der Waals surface area contributed by atoms with E-state index >= 15 is 0 Å². The standard InChI is InChI=1S/C17H18FN3S/c18-13-5-8-21(9-6-13)11-14-3-4-16(22-14)15-10-12-2-1-7-19-17(12)20-15/h1-4,7,10,13H,5-6,8-9,11H2,(H,19,20). The summed E-state index contributed by atoms with van der Waals surface area (Å²) in [5, 5.41) is 1.14. The Bertz CT molecular complexity index is 738. The number of hydrogen-bond donors (Lipinski definition) is 1. The summed E-state index contributed by atoms with van der Waals surface area (Å²) in [5.41, 5.74) is 2.05. The number of thiophene rings is 1. The number of nitrogens with zero attached hydrogens (tertiary/aromatic N) is 2. The van der Waals surface area contributed by atoms with E-state index in [9.17, 15) is 4.39 Å². The number of piperidine rings is 1. The summed E-state index contributed by atoms with van der Waals surface area (Å²) in [6, 6.07) is 10.5. The third-order valence-corrected chi connectivity index (χ3v) is 5.32. The highest BCUT2D eigenvalue weighted by atomic mass is 32.1. The lowest BCUT2D eigenvalue weighted by atomic mass is 10.1. The number of alkyl halides is 1. The fraction of sp³-hybridized carbons (Fsp3) is 0.353. The van der Waals surface area contributed by atoms with E-state index in [1.165, 1.54) is 9.75 Å². The van der Waals surface area contributed by atoms with Crippen LogP contribution >= 0.6 is 11.3 Å². The van der Waals surface area contributed by atoms with Crippen molar-refractivity contribution in [1.29, 1.82) is 0 Å². The van der Waals surface area contributed by atoms with Gasteiger partial charge in [0.1, 0.15) is 11.8 Å². The molecule has 5 heteroatoms. The highest BCUT2D eigenvalue weighted by Gasteiger charge is 2.19. The van der Waals surface area contributed by atoms with Crippen molar-refractivity contribution in [3.63, 3.8) is 0 Å². The molecule has 22 heavy (non-hydrogen) atoms. The van der Waals surface area contributed by atoms with E-state index in [0.717, 1.165) is 36.4 Å². The molecular weight excluding hydrogens is 297 g/mol. The van der Waals surface area contributed by atoms with Crippen LogP contribution in [0.15, 0.2) is 36.5 Å². The van der Waals surface area contributed by atoms with Crippen LogP contribution in [0, 0.1) is 0 Å². The lowest BCUT2D eigenvalue weighted by molar-refractivity contribution is 0.146. The molecule has 4 heterocycles. The monoisotopic (exact) mass is 315 g/mol. The molecule has 1 aliphatic rings. The number of pyridine rings is 1. The minimum Gasteiger partial charge on any atom is -0.339 e. The molecule has 0 amide bonds. The molecule has 1 aliphatic heterocycles. The third kappa shape index (κ3) is 2.78. The number of halogens is 1. The molecule has 0 aliphatic carbocycles. The molecule has 0 aromatic carbocycles. The predicted molar refractivity (Wildman–Crippen MR) is 88.8 cm³/mol. The first-order valence-electron chi connectivity index (χ1n) is 7.67. The number of hydrogen-bond acceptors (Lipinski definition) is 3. The SMILES string of the molecule is FC1CCN(Cc2ccc(-c3cc4cccnc4[nH]3)s2)CC1. The molecule has 0 atom stereocenters. The molecule has 0 radical (unpaired) electrons. The van der Waals surface area contributed by atoms with Crippen molar-refractivity contribution in [2.24, 2.45) is 0 Å². The maximum atomic E-state index is 13.2. The van der Waals surface area contributed by atoms with Crippen LogP contribution in [0.3, 0.4) is 0 Å². The van der Waals surface area contributed by atoms with Crippen LogP contribution in [-0.4, -0.2) is 34.1 Å².